The van der Waals surface area contributed by atoms with Gasteiger partial charge in [-0.15, -0.1) is 0 Å². The first-order chi connectivity index (χ1) is 9.99. The van der Waals surface area contributed by atoms with Gasteiger partial charge in [-0.3, -0.25) is 14.5 Å². The van der Waals surface area contributed by atoms with Crippen LogP contribution in [0.25, 0.3) is 0 Å². The molecule has 0 aliphatic carbocycles. The maximum absolute atomic E-state index is 12.0. The summed E-state index contributed by atoms with van der Waals surface area (Å²) in [5.41, 5.74) is 8.37. The number of carbonyl (C=O) groups is 2. The van der Waals surface area contributed by atoms with Crippen LogP contribution in [-0.2, 0) is 0 Å². The van der Waals surface area contributed by atoms with E-state index in [2.05, 4.69) is 5.32 Å². The van der Waals surface area contributed by atoms with E-state index in [1.165, 1.54) is 7.05 Å². The number of halogens is 1. The monoisotopic (exact) mass is 301 g/mol. The number of para-hydroxylation sites is 1. The fourth-order valence-electron chi connectivity index (χ4n) is 2.26. The Kier molecular flexibility index (Phi) is 3.07. The highest BCUT2D eigenvalue weighted by Crippen LogP contribution is 2.32. The quantitative estimate of drug-likeness (QED) is 0.660. The van der Waals surface area contributed by atoms with Crippen molar-refractivity contribution in [2.45, 2.75) is 0 Å². The second kappa shape index (κ2) is 4.79. The number of fused-ring (bicyclic) bond motifs is 1. The minimum atomic E-state index is -0.314. The van der Waals surface area contributed by atoms with Crippen LogP contribution in [0.15, 0.2) is 36.4 Å². The van der Waals surface area contributed by atoms with Gasteiger partial charge in [-0.25, -0.2) is 0 Å². The van der Waals surface area contributed by atoms with Crippen LogP contribution >= 0.6 is 11.6 Å². The zero-order valence-corrected chi connectivity index (χ0v) is 11.9. The van der Waals surface area contributed by atoms with E-state index in [0.717, 1.165) is 4.90 Å². The van der Waals surface area contributed by atoms with Crippen molar-refractivity contribution in [2.75, 3.05) is 18.1 Å². The Morgan fingerprint density at radius 3 is 2.52 bits per heavy atom. The maximum Gasteiger partial charge on any atom is 0.261 e. The van der Waals surface area contributed by atoms with Crippen LogP contribution in [-0.4, -0.2) is 23.8 Å². The predicted molar refractivity (Wildman–Crippen MR) is 82.0 cm³/mol. The van der Waals surface area contributed by atoms with Crippen LogP contribution in [0.2, 0.25) is 5.02 Å². The molecular weight excluding hydrogens is 290 g/mol. The molecule has 3 N–H and O–H groups in total. The van der Waals surface area contributed by atoms with Crippen molar-refractivity contribution in [3.63, 3.8) is 0 Å². The van der Waals surface area contributed by atoms with Gasteiger partial charge in [0.1, 0.15) is 0 Å². The molecule has 106 valence electrons. The number of rotatable bonds is 2. The highest BCUT2D eigenvalue weighted by Gasteiger charge is 2.32. The van der Waals surface area contributed by atoms with Crippen molar-refractivity contribution < 1.29 is 9.59 Å². The molecular formula is C15H12ClN3O2. The molecule has 0 atom stereocenters. The van der Waals surface area contributed by atoms with Crippen molar-refractivity contribution in [3.05, 3.63) is 52.5 Å². The number of nitrogen functional groups attached to an aromatic ring is 1. The summed E-state index contributed by atoms with van der Waals surface area (Å²) in [5.74, 6) is -0.607. The number of hydrogen-bond acceptors (Lipinski definition) is 4. The molecule has 0 fully saturated rings. The van der Waals surface area contributed by atoms with E-state index in [9.17, 15) is 9.59 Å². The van der Waals surface area contributed by atoms with Crippen molar-refractivity contribution in [1.29, 1.82) is 0 Å². The van der Waals surface area contributed by atoms with Gasteiger partial charge in [-0.1, -0.05) is 17.7 Å². The van der Waals surface area contributed by atoms with Gasteiger partial charge in [0.05, 0.1) is 27.5 Å². The fraction of sp³-hybridized carbons (Fsp3) is 0.0667. The summed E-state index contributed by atoms with van der Waals surface area (Å²) >= 11 is 6.10. The number of carbonyl (C=O) groups excluding carboxylic acids is 2. The lowest BCUT2D eigenvalue weighted by Gasteiger charge is -2.11. The van der Waals surface area contributed by atoms with Crippen LogP contribution < -0.4 is 11.1 Å². The van der Waals surface area contributed by atoms with E-state index < -0.39 is 0 Å². The van der Waals surface area contributed by atoms with Gasteiger partial charge in [-0.05, 0) is 30.3 Å². The highest BCUT2D eigenvalue weighted by molar-refractivity contribution is 6.34. The van der Waals surface area contributed by atoms with E-state index >= 15 is 0 Å². The second-order valence-corrected chi connectivity index (χ2v) is 5.17. The van der Waals surface area contributed by atoms with E-state index in [1.807, 2.05) is 0 Å². The van der Waals surface area contributed by atoms with Gasteiger partial charge < -0.3 is 11.1 Å². The van der Waals surface area contributed by atoms with Gasteiger partial charge >= 0.3 is 0 Å². The second-order valence-electron chi connectivity index (χ2n) is 4.76. The molecule has 2 aromatic rings. The molecule has 1 heterocycles. The first-order valence-electron chi connectivity index (χ1n) is 6.26. The molecule has 6 heteroatoms. The van der Waals surface area contributed by atoms with Gasteiger partial charge in [-0.2, -0.15) is 0 Å². The molecule has 21 heavy (non-hydrogen) atoms. The molecule has 2 amide bonds. The van der Waals surface area contributed by atoms with E-state index in [1.54, 1.807) is 36.4 Å². The van der Waals surface area contributed by atoms with Crippen molar-refractivity contribution in [3.8, 4) is 0 Å². The summed E-state index contributed by atoms with van der Waals surface area (Å²) in [6, 6.07) is 10.2. The average molecular weight is 302 g/mol. The number of anilines is 3. The molecule has 5 nitrogen and oxygen atoms in total. The molecule has 3 rings (SSSR count). The molecule has 0 unspecified atom stereocenters. The zero-order valence-electron chi connectivity index (χ0n) is 11.2. The Morgan fingerprint density at radius 2 is 1.81 bits per heavy atom. The summed E-state index contributed by atoms with van der Waals surface area (Å²) in [7, 11) is 1.46. The summed E-state index contributed by atoms with van der Waals surface area (Å²) in [5, 5.41) is 3.56. The highest BCUT2D eigenvalue weighted by atomic mass is 35.5. The molecule has 0 radical (unpaired) electrons. The normalized spacial score (nSPS) is 13.5. The minimum absolute atomic E-state index is 0.293. The number of nitrogens with zero attached hydrogens (tertiary/aromatic N) is 1. The lowest BCUT2D eigenvalue weighted by Crippen LogP contribution is -2.24. The smallest absolute Gasteiger partial charge is 0.261 e. The largest absolute Gasteiger partial charge is 0.397 e. The Morgan fingerprint density at radius 1 is 1.10 bits per heavy atom. The molecule has 0 spiro atoms. The minimum Gasteiger partial charge on any atom is -0.397 e. The number of benzene rings is 2. The van der Waals surface area contributed by atoms with Gasteiger partial charge in [0.15, 0.2) is 0 Å². The Bertz CT molecular complexity index is 753. The fourth-order valence-corrected chi connectivity index (χ4v) is 2.49. The standard InChI is InChI=1S/C15H12ClN3O2/c1-19-14(20)9-6-5-8(7-10(9)15(19)21)18-13-11(16)3-2-4-12(13)17/h2-7,18H,17H2,1H3. The summed E-state index contributed by atoms with van der Waals surface area (Å²) in [6.07, 6.45) is 0. The summed E-state index contributed by atoms with van der Waals surface area (Å²) < 4.78 is 0. The van der Waals surface area contributed by atoms with Crippen LogP contribution in [0.3, 0.4) is 0 Å². The summed E-state index contributed by atoms with van der Waals surface area (Å²) in [4.78, 5) is 24.9. The Hall–Kier alpha value is -2.53. The van der Waals surface area contributed by atoms with E-state index in [0.29, 0.717) is 33.2 Å². The van der Waals surface area contributed by atoms with Crippen LogP contribution in [0.5, 0.6) is 0 Å². The number of nitrogens with one attached hydrogen (secondary N) is 1. The summed E-state index contributed by atoms with van der Waals surface area (Å²) in [6.45, 7) is 0. The molecule has 0 saturated heterocycles. The number of amides is 2. The first-order valence-corrected chi connectivity index (χ1v) is 6.64. The number of hydrogen-bond donors (Lipinski definition) is 2. The van der Waals surface area contributed by atoms with Gasteiger partial charge in [0, 0.05) is 12.7 Å². The Balaban J connectivity index is 2.00. The predicted octanol–water partition coefficient (Wildman–Crippen LogP) is 2.89. The van der Waals surface area contributed by atoms with Gasteiger partial charge in [0.2, 0.25) is 0 Å². The molecule has 0 bridgehead atoms. The lowest BCUT2D eigenvalue weighted by molar-refractivity contribution is 0.0693. The SMILES string of the molecule is CN1C(=O)c2ccc(Nc3c(N)cccc3Cl)cc2C1=O. The third-order valence-electron chi connectivity index (χ3n) is 3.40. The van der Waals surface area contributed by atoms with Crippen LogP contribution in [0.1, 0.15) is 20.7 Å². The van der Waals surface area contributed by atoms with Crippen molar-refractivity contribution in [1.82, 2.24) is 4.90 Å². The molecule has 2 aromatic carbocycles. The number of imide groups is 1. The topological polar surface area (TPSA) is 75.4 Å². The molecule has 0 saturated carbocycles. The maximum atomic E-state index is 12.0. The van der Waals surface area contributed by atoms with Crippen molar-refractivity contribution >= 4 is 40.5 Å². The molecule has 1 aliphatic rings. The van der Waals surface area contributed by atoms with E-state index in [-0.39, 0.29) is 11.8 Å². The lowest BCUT2D eigenvalue weighted by atomic mass is 10.1. The molecule has 0 aromatic heterocycles. The third kappa shape index (κ3) is 2.11. The number of nitrogens with two attached hydrogens (primary N) is 1. The average Bonchev–Trinajstić information content (AvgIpc) is 2.68. The van der Waals surface area contributed by atoms with Crippen LogP contribution in [0.4, 0.5) is 17.1 Å². The Labute approximate surface area is 126 Å². The first kappa shape index (κ1) is 13.5. The van der Waals surface area contributed by atoms with E-state index in [4.69, 9.17) is 17.3 Å². The third-order valence-corrected chi connectivity index (χ3v) is 3.72. The molecule has 1 aliphatic heterocycles. The van der Waals surface area contributed by atoms with Crippen molar-refractivity contribution in [2.24, 2.45) is 0 Å². The zero-order chi connectivity index (χ0) is 15.1. The van der Waals surface area contributed by atoms with Crippen LogP contribution in [0, 0.1) is 0 Å². The van der Waals surface area contributed by atoms with Gasteiger partial charge in [0.25, 0.3) is 11.8 Å².